The number of ether oxygens (including phenoxy) is 1. The van der Waals surface area contributed by atoms with Crippen molar-refractivity contribution in [2.75, 3.05) is 52.4 Å². The molecule has 3 aliphatic heterocycles. The van der Waals surface area contributed by atoms with Crippen LogP contribution in [0.2, 0.25) is 0 Å². The lowest BCUT2D eigenvalue weighted by molar-refractivity contribution is -0.0815. The molecule has 128 valence electrons. The first-order valence-corrected chi connectivity index (χ1v) is 9.48. The van der Waals surface area contributed by atoms with Gasteiger partial charge in [-0.25, -0.2) is 0 Å². The van der Waals surface area contributed by atoms with Gasteiger partial charge in [-0.15, -0.1) is 0 Å². The first-order valence-electron chi connectivity index (χ1n) is 9.48. The van der Waals surface area contributed by atoms with Crippen LogP contribution in [-0.4, -0.2) is 73.9 Å². The Bertz CT molecular complexity index is 333. The molecule has 0 radical (unpaired) electrons. The molecule has 3 aliphatic rings. The van der Waals surface area contributed by atoms with Crippen molar-refractivity contribution >= 4 is 0 Å². The molecule has 1 N–H and O–H groups in total. The molecular weight excluding hydrogens is 274 g/mol. The summed E-state index contributed by atoms with van der Waals surface area (Å²) in [6.07, 6.45) is 6.40. The van der Waals surface area contributed by atoms with E-state index >= 15 is 0 Å². The average Bonchev–Trinajstić information content (AvgIpc) is 2.72. The third kappa shape index (κ3) is 4.22. The molecule has 0 saturated carbocycles. The molecule has 22 heavy (non-hydrogen) atoms. The number of nitrogens with zero attached hydrogens (tertiary/aromatic N) is 2. The first-order chi connectivity index (χ1) is 10.7. The van der Waals surface area contributed by atoms with Crippen LogP contribution in [0.15, 0.2) is 0 Å². The zero-order valence-corrected chi connectivity index (χ0v) is 14.6. The molecule has 1 spiro atoms. The highest BCUT2D eigenvalue weighted by Crippen LogP contribution is 2.32. The van der Waals surface area contributed by atoms with E-state index in [1.54, 1.807) is 0 Å². The summed E-state index contributed by atoms with van der Waals surface area (Å²) in [4.78, 5) is 5.28. The maximum atomic E-state index is 6.40. The molecule has 0 aromatic heterocycles. The summed E-state index contributed by atoms with van der Waals surface area (Å²) in [7, 11) is 0. The summed E-state index contributed by atoms with van der Waals surface area (Å²) in [6.45, 7) is 14.1. The van der Waals surface area contributed by atoms with Crippen LogP contribution in [0.25, 0.3) is 0 Å². The number of likely N-dealkylation sites (tertiary alicyclic amines) is 1. The molecule has 4 heteroatoms. The largest absolute Gasteiger partial charge is 0.374 e. The Labute approximate surface area is 136 Å². The van der Waals surface area contributed by atoms with Crippen molar-refractivity contribution in [1.82, 2.24) is 15.1 Å². The molecule has 3 fully saturated rings. The maximum absolute atomic E-state index is 6.40. The maximum Gasteiger partial charge on any atom is 0.0719 e. The van der Waals surface area contributed by atoms with Crippen LogP contribution in [0.3, 0.4) is 0 Å². The third-order valence-corrected chi connectivity index (χ3v) is 6.11. The van der Waals surface area contributed by atoms with E-state index in [1.165, 1.54) is 71.4 Å². The summed E-state index contributed by atoms with van der Waals surface area (Å²) < 4.78 is 6.40. The molecular formula is C18H35N3O. The number of hydrogen-bond acceptors (Lipinski definition) is 4. The van der Waals surface area contributed by atoms with Gasteiger partial charge in [0.15, 0.2) is 0 Å². The summed E-state index contributed by atoms with van der Waals surface area (Å²) in [5, 5.41) is 3.48. The third-order valence-electron chi connectivity index (χ3n) is 6.11. The van der Waals surface area contributed by atoms with Gasteiger partial charge in [0.2, 0.25) is 0 Å². The summed E-state index contributed by atoms with van der Waals surface area (Å²) >= 11 is 0. The van der Waals surface area contributed by atoms with Gasteiger partial charge in [-0.2, -0.15) is 0 Å². The lowest BCUT2D eigenvalue weighted by Crippen LogP contribution is -2.48. The van der Waals surface area contributed by atoms with Crippen LogP contribution in [0, 0.1) is 5.92 Å². The second kappa shape index (κ2) is 7.61. The normalized spacial score (nSPS) is 29.0. The predicted molar refractivity (Wildman–Crippen MR) is 91.3 cm³/mol. The van der Waals surface area contributed by atoms with E-state index in [2.05, 4.69) is 29.0 Å². The predicted octanol–water partition coefficient (Wildman–Crippen LogP) is 1.95. The van der Waals surface area contributed by atoms with E-state index < -0.39 is 0 Å². The molecule has 3 rings (SSSR count). The van der Waals surface area contributed by atoms with Crippen LogP contribution >= 0.6 is 0 Å². The van der Waals surface area contributed by atoms with E-state index in [1.807, 2.05) is 0 Å². The van der Waals surface area contributed by atoms with Crippen LogP contribution in [0.4, 0.5) is 0 Å². The van der Waals surface area contributed by atoms with Gasteiger partial charge < -0.3 is 19.9 Å². The lowest BCUT2D eigenvalue weighted by atomic mass is 9.87. The van der Waals surface area contributed by atoms with E-state index in [0.717, 1.165) is 19.1 Å². The molecule has 3 saturated heterocycles. The molecule has 0 aliphatic carbocycles. The van der Waals surface area contributed by atoms with Gasteiger partial charge in [0.1, 0.15) is 0 Å². The van der Waals surface area contributed by atoms with Crippen molar-refractivity contribution < 1.29 is 4.74 Å². The van der Waals surface area contributed by atoms with E-state index in [9.17, 15) is 0 Å². The van der Waals surface area contributed by atoms with Crippen molar-refractivity contribution in [2.45, 2.75) is 57.6 Å². The fourth-order valence-corrected chi connectivity index (χ4v) is 4.39. The first kappa shape index (κ1) is 16.7. The fraction of sp³-hybridized carbons (Fsp3) is 1.00. The zero-order valence-electron chi connectivity index (χ0n) is 14.6. The molecule has 0 aromatic rings. The van der Waals surface area contributed by atoms with Gasteiger partial charge in [-0.3, -0.25) is 0 Å². The average molecular weight is 309 g/mol. The van der Waals surface area contributed by atoms with Crippen molar-refractivity contribution in [3.63, 3.8) is 0 Å². The van der Waals surface area contributed by atoms with Crippen molar-refractivity contribution in [3.8, 4) is 0 Å². The quantitative estimate of drug-likeness (QED) is 0.862. The number of rotatable bonds is 3. The second-order valence-electron chi connectivity index (χ2n) is 7.91. The van der Waals surface area contributed by atoms with Gasteiger partial charge >= 0.3 is 0 Å². The van der Waals surface area contributed by atoms with Gasteiger partial charge in [-0.1, -0.05) is 0 Å². The number of hydrogen-bond donors (Lipinski definition) is 1. The zero-order chi connectivity index (χ0) is 15.4. The Morgan fingerprint density at radius 1 is 1.05 bits per heavy atom. The summed E-state index contributed by atoms with van der Waals surface area (Å²) in [5.41, 5.74) is 0.189. The SMILES string of the molecule is CC(C)N1CCC2(CCN(CC3CCNCC3)CCO2)CC1. The molecule has 0 amide bonds. The molecule has 0 aromatic carbocycles. The Morgan fingerprint density at radius 2 is 1.73 bits per heavy atom. The van der Waals surface area contributed by atoms with Gasteiger partial charge in [0, 0.05) is 38.8 Å². The van der Waals surface area contributed by atoms with Crippen molar-refractivity contribution in [2.24, 2.45) is 5.92 Å². The Balaban J connectivity index is 1.47. The monoisotopic (exact) mass is 309 g/mol. The number of piperidine rings is 2. The van der Waals surface area contributed by atoms with Crippen LogP contribution < -0.4 is 5.32 Å². The minimum absolute atomic E-state index is 0.189. The van der Waals surface area contributed by atoms with Gasteiger partial charge in [0.05, 0.1) is 12.2 Å². The fourth-order valence-electron chi connectivity index (χ4n) is 4.39. The van der Waals surface area contributed by atoms with Crippen LogP contribution in [0.1, 0.15) is 46.0 Å². The van der Waals surface area contributed by atoms with Crippen LogP contribution in [0.5, 0.6) is 0 Å². The Kier molecular flexibility index (Phi) is 5.77. The topological polar surface area (TPSA) is 27.7 Å². The molecule has 0 unspecified atom stereocenters. The minimum Gasteiger partial charge on any atom is -0.374 e. The van der Waals surface area contributed by atoms with E-state index in [0.29, 0.717) is 6.04 Å². The van der Waals surface area contributed by atoms with Gasteiger partial charge in [0.25, 0.3) is 0 Å². The minimum atomic E-state index is 0.189. The Hall–Kier alpha value is -0.160. The highest BCUT2D eigenvalue weighted by atomic mass is 16.5. The molecule has 4 nitrogen and oxygen atoms in total. The standard InChI is InChI=1S/C18H35N3O/c1-16(2)21-11-6-18(7-12-21)5-10-20(13-14-22-18)15-17-3-8-19-9-4-17/h16-17,19H,3-15H2,1-2H3. The van der Waals surface area contributed by atoms with Crippen molar-refractivity contribution in [1.29, 1.82) is 0 Å². The highest BCUT2D eigenvalue weighted by molar-refractivity contribution is 4.91. The Morgan fingerprint density at radius 3 is 2.41 bits per heavy atom. The van der Waals surface area contributed by atoms with Crippen molar-refractivity contribution in [3.05, 3.63) is 0 Å². The summed E-state index contributed by atoms with van der Waals surface area (Å²) in [5.74, 6) is 0.901. The molecule has 3 heterocycles. The van der Waals surface area contributed by atoms with Gasteiger partial charge in [-0.05, 0) is 65.0 Å². The lowest BCUT2D eigenvalue weighted by Gasteiger charge is -2.42. The molecule has 0 atom stereocenters. The van der Waals surface area contributed by atoms with E-state index in [-0.39, 0.29) is 5.60 Å². The van der Waals surface area contributed by atoms with E-state index in [4.69, 9.17) is 4.74 Å². The second-order valence-corrected chi connectivity index (χ2v) is 7.91. The summed E-state index contributed by atoms with van der Waals surface area (Å²) in [6, 6.07) is 0.680. The highest BCUT2D eigenvalue weighted by Gasteiger charge is 2.37. The smallest absolute Gasteiger partial charge is 0.0719 e. The number of nitrogens with one attached hydrogen (secondary N) is 1. The van der Waals surface area contributed by atoms with Crippen LogP contribution in [-0.2, 0) is 4.74 Å². The molecule has 0 bridgehead atoms.